The molecule has 28 heavy (non-hydrogen) atoms. The summed E-state index contributed by atoms with van der Waals surface area (Å²) in [5.74, 6) is 0.395. The lowest BCUT2D eigenvalue weighted by Gasteiger charge is -2.34. The van der Waals surface area contributed by atoms with Gasteiger partial charge in [-0.1, -0.05) is 77.0 Å². The maximum Gasteiger partial charge on any atom is 0.119 e. The summed E-state index contributed by atoms with van der Waals surface area (Å²) in [6.45, 7) is 6.61. The quantitative estimate of drug-likeness (QED) is 0.364. The first-order valence-electron chi connectivity index (χ1n) is 9.85. The van der Waals surface area contributed by atoms with Crippen LogP contribution in [0, 0.1) is 6.92 Å². The van der Waals surface area contributed by atoms with E-state index in [1.54, 1.807) is 6.07 Å². The predicted octanol–water partition coefficient (Wildman–Crippen LogP) is 6.47. The van der Waals surface area contributed by atoms with E-state index in [0.29, 0.717) is 14.3 Å². The molecular formula is C25H28NOP. The molecule has 3 aromatic carbocycles. The van der Waals surface area contributed by atoms with E-state index >= 15 is 0 Å². The molecule has 0 saturated carbocycles. The molecule has 3 rings (SSSR count). The molecule has 1 unspecified atom stereocenters. The minimum atomic E-state index is -0.0766. The van der Waals surface area contributed by atoms with E-state index in [-0.39, 0.29) is 5.16 Å². The number of para-hydroxylation sites is 2. The molecule has 1 atom stereocenters. The molecule has 0 aliphatic rings. The van der Waals surface area contributed by atoms with Crippen LogP contribution >= 0.6 is 8.58 Å². The zero-order valence-electron chi connectivity index (χ0n) is 16.8. The highest BCUT2D eigenvalue weighted by molar-refractivity contribution is 7.49. The van der Waals surface area contributed by atoms with Crippen molar-refractivity contribution in [3.8, 4) is 5.75 Å². The summed E-state index contributed by atoms with van der Waals surface area (Å²) in [4.78, 5) is 4.68. The van der Waals surface area contributed by atoms with Crippen LogP contribution in [0.5, 0.6) is 5.75 Å². The van der Waals surface area contributed by atoms with Gasteiger partial charge in [0.15, 0.2) is 0 Å². The number of hydrogen-bond acceptors (Lipinski definition) is 2. The number of phenols is 1. The number of benzene rings is 3. The molecule has 144 valence electrons. The van der Waals surface area contributed by atoms with Gasteiger partial charge in [0.1, 0.15) is 5.75 Å². The zero-order valence-corrected chi connectivity index (χ0v) is 17.8. The Morgan fingerprint density at radius 3 is 2.25 bits per heavy atom. The minimum Gasteiger partial charge on any atom is -0.508 e. The second-order valence-corrected chi connectivity index (χ2v) is 8.77. The SMILES string of the molecule is CCC(CC)(Pc1c(C)cccc1/C=N/c1ccccc1)c1ccccc1O. The Morgan fingerprint density at radius 2 is 1.57 bits per heavy atom. The Kier molecular flexibility index (Phi) is 6.65. The van der Waals surface area contributed by atoms with Crippen molar-refractivity contribution in [3.05, 3.63) is 89.5 Å². The summed E-state index contributed by atoms with van der Waals surface area (Å²) in [7, 11) is 0.554. The van der Waals surface area contributed by atoms with E-state index in [0.717, 1.165) is 29.7 Å². The molecule has 2 nitrogen and oxygen atoms in total. The van der Waals surface area contributed by atoms with E-state index in [1.165, 1.54) is 10.9 Å². The topological polar surface area (TPSA) is 32.6 Å². The normalized spacial score (nSPS) is 12.2. The van der Waals surface area contributed by atoms with Crippen molar-refractivity contribution in [2.24, 2.45) is 4.99 Å². The number of nitrogens with zero attached hydrogens (tertiary/aromatic N) is 1. The monoisotopic (exact) mass is 389 g/mol. The molecular weight excluding hydrogens is 361 g/mol. The van der Waals surface area contributed by atoms with Gasteiger partial charge >= 0.3 is 0 Å². The van der Waals surface area contributed by atoms with Crippen molar-refractivity contribution in [3.63, 3.8) is 0 Å². The highest BCUT2D eigenvalue weighted by atomic mass is 31.1. The van der Waals surface area contributed by atoms with E-state index in [1.807, 2.05) is 48.7 Å². The van der Waals surface area contributed by atoms with Crippen LogP contribution in [0.4, 0.5) is 5.69 Å². The van der Waals surface area contributed by atoms with Crippen LogP contribution in [0.1, 0.15) is 43.4 Å². The largest absolute Gasteiger partial charge is 0.508 e. The van der Waals surface area contributed by atoms with Gasteiger partial charge in [-0.3, -0.25) is 4.99 Å². The van der Waals surface area contributed by atoms with Gasteiger partial charge in [0.2, 0.25) is 0 Å². The van der Waals surface area contributed by atoms with Crippen molar-refractivity contribution in [2.75, 3.05) is 0 Å². The second-order valence-electron chi connectivity index (χ2n) is 7.06. The van der Waals surface area contributed by atoms with Gasteiger partial charge in [-0.15, -0.1) is 0 Å². The number of phenolic OH excluding ortho intramolecular Hbond substituents is 1. The number of aromatic hydroxyl groups is 1. The van der Waals surface area contributed by atoms with Crippen molar-refractivity contribution in [1.82, 2.24) is 0 Å². The predicted molar refractivity (Wildman–Crippen MR) is 123 cm³/mol. The molecule has 0 aliphatic heterocycles. The van der Waals surface area contributed by atoms with Gasteiger partial charge in [0.25, 0.3) is 0 Å². The third-order valence-corrected chi connectivity index (χ3v) is 7.79. The first kappa shape index (κ1) is 20.3. The number of aliphatic imine (C=N–C) groups is 1. The van der Waals surface area contributed by atoms with E-state index in [9.17, 15) is 5.11 Å². The molecule has 0 heterocycles. The average molecular weight is 389 g/mol. The molecule has 1 N–H and O–H groups in total. The lowest BCUT2D eigenvalue weighted by atomic mass is 9.92. The maximum absolute atomic E-state index is 10.6. The van der Waals surface area contributed by atoms with Crippen LogP contribution in [0.3, 0.4) is 0 Å². The summed E-state index contributed by atoms with van der Waals surface area (Å²) in [5.41, 5.74) is 4.43. The molecule has 3 heteroatoms. The Morgan fingerprint density at radius 1 is 0.893 bits per heavy atom. The molecule has 0 aliphatic carbocycles. The third-order valence-electron chi connectivity index (χ3n) is 5.40. The summed E-state index contributed by atoms with van der Waals surface area (Å²) in [5, 5.41) is 11.8. The van der Waals surface area contributed by atoms with Gasteiger partial charge in [-0.05, 0) is 48.8 Å². The standard InChI is InChI=1S/C25H28NOP/c1-4-25(5-2,22-16-9-10-17-23(22)27)28-24-19(3)12-11-13-20(24)18-26-21-14-7-6-8-15-21/h6-18,27-28H,4-5H2,1-3H3/b26-18+. The van der Waals surface area contributed by atoms with Crippen LogP contribution in [0.2, 0.25) is 0 Å². The van der Waals surface area contributed by atoms with Crippen molar-refractivity contribution >= 4 is 25.8 Å². The molecule has 3 aromatic rings. The maximum atomic E-state index is 10.6. The molecule has 0 saturated heterocycles. The van der Waals surface area contributed by atoms with Gasteiger partial charge in [0.05, 0.1) is 5.69 Å². The molecule has 0 radical (unpaired) electrons. The summed E-state index contributed by atoms with van der Waals surface area (Å²) in [6.07, 6.45) is 3.93. The Hall–Kier alpha value is -2.44. The first-order valence-corrected chi connectivity index (χ1v) is 10.8. The van der Waals surface area contributed by atoms with Gasteiger partial charge < -0.3 is 5.11 Å². The van der Waals surface area contributed by atoms with E-state index < -0.39 is 0 Å². The molecule has 0 spiro atoms. The lowest BCUT2D eigenvalue weighted by molar-refractivity contribution is 0.448. The molecule has 0 aromatic heterocycles. The fourth-order valence-electron chi connectivity index (χ4n) is 3.62. The third kappa shape index (κ3) is 4.34. The van der Waals surface area contributed by atoms with Crippen LogP contribution in [0.15, 0.2) is 77.8 Å². The highest BCUT2D eigenvalue weighted by Gasteiger charge is 2.32. The summed E-state index contributed by atoms with van der Waals surface area (Å²) < 4.78 is 0. The minimum absolute atomic E-state index is 0.0766. The Balaban J connectivity index is 2.03. The Labute approximate surface area is 170 Å². The lowest BCUT2D eigenvalue weighted by Crippen LogP contribution is -2.24. The fraction of sp³-hybridized carbons (Fsp3) is 0.240. The van der Waals surface area contributed by atoms with Gasteiger partial charge in [-0.2, -0.15) is 0 Å². The fourth-order valence-corrected chi connectivity index (χ4v) is 5.37. The van der Waals surface area contributed by atoms with Crippen LogP contribution in [0.25, 0.3) is 0 Å². The van der Waals surface area contributed by atoms with E-state index in [4.69, 9.17) is 0 Å². The van der Waals surface area contributed by atoms with Gasteiger partial charge in [0, 0.05) is 22.5 Å². The smallest absolute Gasteiger partial charge is 0.119 e. The van der Waals surface area contributed by atoms with Gasteiger partial charge in [-0.25, -0.2) is 0 Å². The molecule has 0 fully saturated rings. The molecule has 0 bridgehead atoms. The second kappa shape index (κ2) is 9.17. The number of rotatable bonds is 7. The summed E-state index contributed by atoms with van der Waals surface area (Å²) >= 11 is 0. The van der Waals surface area contributed by atoms with Crippen LogP contribution in [-0.2, 0) is 5.16 Å². The number of aryl methyl sites for hydroxylation is 1. The first-order chi connectivity index (χ1) is 13.6. The Bertz CT molecular complexity index is 946. The van der Waals surface area contributed by atoms with Crippen molar-refractivity contribution in [1.29, 1.82) is 0 Å². The summed E-state index contributed by atoms with van der Waals surface area (Å²) in [6, 6.07) is 24.2. The molecule has 0 amide bonds. The van der Waals surface area contributed by atoms with Crippen molar-refractivity contribution in [2.45, 2.75) is 38.8 Å². The number of hydrogen-bond donors (Lipinski definition) is 1. The van der Waals surface area contributed by atoms with Crippen molar-refractivity contribution < 1.29 is 5.11 Å². The zero-order chi connectivity index (χ0) is 20.0. The average Bonchev–Trinajstić information content (AvgIpc) is 2.73. The highest BCUT2D eigenvalue weighted by Crippen LogP contribution is 2.50. The van der Waals surface area contributed by atoms with E-state index in [2.05, 4.69) is 50.0 Å². The van der Waals surface area contributed by atoms with Crippen LogP contribution in [-0.4, -0.2) is 11.3 Å². The van der Waals surface area contributed by atoms with Crippen LogP contribution < -0.4 is 5.30 Å².